The minimum atomic E-state index is -0.993. The summed E-state index contributed by atoms with van der Waals surface area (Å²) < 4.78 is 7.52. The number of ether oxygens (including phenoxy) is 1. The predicted molar refractivity (Wildman–Crippen MR) is 104 cm³/mol. The van der Waals surface area contributed by atoms with E-state index < -0.39 is 11.9 Å². The van der Waals surface area contributed by atoms with Crippen LogP contribution in [0.15, 0.2) is 42.6 Å². The summed E-state index contributed by atoms with van der Waals surface area (Å²) in [6.07, 6.45) is 2.38. The van der Waals surface area contributed by atoms with E-state index in [0.717, 1.165) is 5.56 Å². The van der Waals surface area contributed by atoms with Crippen molar-refractivity contribution in [1.29, 1.82) is 0 Å². The van der Waals surface area contributed by atoms with Crippen molar-refractivity contribution < 1.29 is 24.5 Å². The number of aliphatic carboxylic acids is 1. The average Bonchev–Trinajstić information content (AvgIpc) is 3.05. The number of anilines is 1. The van der Waals surface area contributed by atoms with E-state index in [4.69, 9.17) is 19.9 Å². The molecule has 8 nitrogen and oxygen atoms in total. The van der Waals surface area contributed by atoms with Gasteiger partial charge in [-0.05, 0) is 37.6 Å². The molecule has 0 saturated heterocycles. The maximum atomic E-state index is 11.1. The van der Waals surface area contributed by atoms with Crippen LogP contribution in [0.5, 0.6) is 5.75 Å². The summed E-state index contributed by atoms with van der Waals surface area (Å²) in [6, 6.07) is 10.1. The number of benzene rings is 1. The van der Waals surface area contributed by atoms with Gasteiger partial charge in [-0.25, -0.2) is 9.78 Å². The van der Waals surface area contributed by atoms with Gasteiger partial charge in [0, 0.05) is 24.7 Å². The number of aromatic nitrogens is 2. The number of rotatable bonds is 9. The van der Waals surface area contributed by atoms with E-state index in [1.165, 1.54) is 12.1 Å². The van der Waals surface area contributed by atoms with Crippen LogP contribution in [0.4, 0.5) is 5.82 Å². The number of aromatic carboxylic acids is 1. The maximum Gasteiger partial charge on any atom is 0.335 e. The minimum absolute atomic E-state index is 0.0660. The van der Waals surface area contributed by atoms with Crippen molar-refractivity contribution in [3.05, 3.63) is 48.2 Å². The van der Waals surface area contributed by atoms with Gasteiger partial charge in [0.2, 0.25) is 0 Å². The van der Waals surface area contributed by atoms with Gasteiger partial charge >= 0.3 is 11.9 Å². The van der Waals surface area contributed by atoms with E-state index in [0.29, 0.717) is 42.5 Å². The molecule has 0 radical (unpaired) electrons. The van der Waals surface area contributed by atoms with Gasteiger partial charge in [0.15, 0.2) is 11.4 Å². The SMILES string of the molecule is CCOc1cccn2c(NCCCC(=O)O)c(-c3ccc(C(=O)O)cc3)nc12. The molecule has 3 N–H and O–H groups in total. The highest BCUT2D eigenvalue weighted by atomic mass is 16.5. The molecular weight excluding hydrogens is 362 g/mol. The highest BCUT2D eigenvalue weighted by molar-refractivity contribution is 5.89. The molecule has 0 atom stereocenters. The number of carbonyl (C=O) groups is 2. The Labute approximate surface area is 161 Å². The van der Waals surface area contributed by atoms with Crippen LogP contribution < -0.4 is 10.1 Å². The molecule has 0 unspecified atom stereocenters. The second-order valence-corrected chi connectivity index (χ2v) is 6.11. The number of hydrogen-bond acceptors (Lipinski definition) is 5. The van der Waals surface area contributed by atoms with Gasteiger partial charge < -0.3 is 20.3 Å². The summed E-state index contributed by atoms with van der Waals surface area (Å²) in [6.45, 7) is 2.85. The molecule has 2 aromatic heterocycles. The first-order valence-corrected chi connectivity index (χ1v) is 8.94. The van der Waals surface area contributed by atoms with Crippen molar-refractivity contribution >= 4 is 23.4 Å². The predicted octanol–water partition coefficient (Wildman–Crippen LogP) is 3.37. The lowest BCUT2D eigenvalue weighted by atomic mass is 10.1. The van der Waals surface area contributed by atoms with Gasteiger partial charge in [0.1, 0.15) is 11.5 Å². The Bertz CT molecular complexity index is 995. The third kappa shape index (κ3) is 4.06. The number of fused-ring (bicyclic) bond motifs is 1. The van der Waals surface area contributed by atoms with E-state index in [9.17, 15) is 9.59 Å². The van der Waals surface area contributed by atoms with Crippen LogP contribution in [-0.2, 0) is 4.79 Å². The average molecular weight is 383 g/mol. The van der Waals surface area contributed by atoms with E-state index in [1.807, 2.05) is 29.7 Å². The zero-order chi connectivity index (χ0) is 20.1. The van der Waals surface area contributed by atoms with Gasteiger partial charge in [-0.2, -0.15) is 0 Å². The third-order valence-corrected chi connectivity index (χ3v) is 4.18. The quantitative estimate of drug-likeness (QED) is 0.486. The molecule has 0 aliphatic rings. The molecule has 0 fully saturated rings. The molecule has 1 aromatic carbocycles. The van der Waals surface area contributed by atoms with E-state index in [2.05, 4.69) is 5.32 Å². The van der Waals surface area contributed by atoms with Gasteiger partial charge in [0.05, 0.1) is 12.2 Å². The fourth-order valence-corrected chi connectivity index (χ4v) is 2.90. The van der Waals surface area contributed by atoms with Crippen molar-refractivity contribution in [2.75, 3.05) is 18.5 Å². The molecule has 3 rings (SSSR count). The second kappa shape index (κ2) is 8.43. The summed E-state index contributed by atoms with van der Waals surface area (Å²) in [5.41, 5.74) is 2.21. The molecule has 2 heterocycles. The zero-order valence-electron chi connectivity index (χ0n) is 15.4. The Morgan fingerprint density at radius 3 is 2.57 bits per heavy atom. The molecule has 146 valence electrons. The Kier molecular flexibility index (Phi) is 5.78. The molecule has 0 bridgehead atoms. The standard InChI is InChI=1S/C20H21N3O5/c1-2-28-15-5-4-12-23-18(15)22-17(19(23)21-11-3-6-16(24)25)13-7-9-14(10-8-13)20(26)27/h4-5,7-10,12,21H,2-3,6,11H2,1H3,(H,24,25)(H,26,27). The first kappa shape index (κ1) is 19.2. The highest BCUT2D eigenvalue weighted by Crippen LogP contribution is 2.32. The van der Waals surface area contributed by atoms with Crippen LogP contribution in [0.3, 0.4) is 0 Å². The van der Waals surface area contributed by atoms with Crippen molar-refractivity contribution in [2.45, 2.75) is 19.8 Å². The van der Waals surface area contributed by atoms with E-state index in [-0.39, 0.29) is 12.0 Å². The summed E-state index contributed by atoms with van der Waals surface area (Å²) in [7, 11) is 0. The normalized spacial score (nSPS) is 10.8. The van der Waals surface area contributed by atoms with E-state index >= 15 is 0 Å². The van der Waals surface area contributed by atoms with Crippen LogP contribution in [0.2, 0.25) is 0 Å². The van der Waals surface area contributed by atoms with Gasteiger partial charge in [-0.1, -0.05) is 12.1 Å². The van der Waals surface area contributed by atoms with Gasteiger partial charge in [-0.3, -0.25) is 9.20 Å². The smallest absolute Gasteiger partial charge is 0.335 e. The fourth-order valence-electron chi connectivity index (χ4n) is 2.90. The lowest BCUT2D eigenvalue weighted by Crippen LogP contribution is -2.07. The summed E-state index contributed by atoms with van der Waals surface area (Å²) >= 11 is 0. The van der Waals surface area contributed by atoms with Crippen molar-refractivity contribution in [2.24, 2.45) is 0 Å². The number of nitrogens with zero attached hydrogens (tertiary/aromatic N) is 2. The van der Waals surface area contributed by atoms with Crippen LogP contribution >= 0.6 is 0 Å². The van der Waals surface area contributed by atoms with Crippen molar-refractivity contribution in [1.82, 2.24) is 9.38 Å². The number of carboxylic acids is 2. The van der Waals surface area contributed by atoms with E-state index in [1.54, 1.807) is 12.1 Å². The molecule has 0 saturated carbocycles. The summed E-state index contributed by atoms with van der Waals surface area (Å²) in [4.78, 5) is 26.6. The minimum Gasteiger partial charge on any atom is -0.490 e. The largest absolute Gasteiger partial charge is 0.490 e. The number of pyridine rings is 1. The third-order valence-electron chi connectivity index (χ3n) is 4.18. The number of hydrogen-bond donors (Lipinski definition) is 3. The van der Waals surface area contributed by atoms with Crippen LogP contribution in [0, 0.1) is 0 Å². The number of carboxylic acid groups (broad SMARTS) is 2. The molecule has 0 amide bonds. The Balaban J connectivity index is 2.03. The Morgan fingerprint density at radius 1 is 1.18 bits per heavy atom. The number of nitrogens with one attached hydrogen (secondary N) is 1. The number of imidazole rings is 1. The first-order valence-electron chi connectivity index (χ1n) is 8.94. The van der Waals surface area contributed by atoms with Crippen molar-refractivity contribution in [3.8, 4) is 17.0 Å². The first-order chi connectivity index (χ1) is 13.5. The molecule has 28 heavy (non-hydrogen) atoms. The fraction of sp³-hybridized carbons (Fsp3) is 0.250. The molecule has 3 aromatic rings. The molecular formula is C20H21N3O5. The van der Waals surface area contributed by atoms with Crippen molar-refractivity contribution in [3.63, 3.8) is 0 Å². The molecule has 8 heteroatoms. The lowest BCUT2D eigenvalue weighted by Gasteiger charge is -2.09. The summed E-state index contributed by atoms with van der Waals surface area (Å²) in [5.74, 6) is -0.507. The monoisotopic (exact) mass is 383 g/mol. The van der Waals surface area contributed by atoms with Crippen LogP contribution in [0.25, 0.3) is 16.9 Å². The van der Waals surface area contributed by atoms with Gasteiger partial charge in [0.25, 0.3) is 0 Å². The zero-order valence-corrected chi connectivity index (χ0v) is 15.4. The second-order valence-electron chi connectivity index (χ2n) is 6.11. The van der Waals surface area contributed by atoms with Gasteiger partial charge in [-0.15, -0.1) is 0 Å². The topological polar surface area (TPSA) is 113 Å². The van der Waals surface area contributed by atoms with Crippen LogP contribution in [0.1, 0.15) is 30.1 Å². The lowest BCUT2D eigenvalue weighted by molar-refractivity contribution is -0.137. The van der Waals surface area contributed by atoms with Crippen LogP contribution in [-0.4, -0.2) is 44.7 Å². The molecule has 0 spiro atoms. The Hall–Kier alpha value is -3.55. The highest BCUT2D eigenvalue weighted by Gasteiger charge is 2.17. The molecule has 0 aliphatic carbocycles. The maximum absolute atomic E-state index is 11.1. The summed E-state index contributed by atoms with van der Waals surface area (Å²) in [5, 5.41) is 21.2. The Morgan fingerprint density at radius 2 is 1.93 bits per heavy atom. The molecule has 0 aliphatic heterocycles.